The summed E-state index contributed by atoms with van der Waals surface area (Å²) in [6.45, 7) is -0.732. The van der Waals surface area contributed by atoms with E-state index in [1.54, 1.807) is 0 Å². The maximum atomic E-state index is 12.2. The van der Waals surface area contributed by atoms with Gasteiger partial charge in [-0.05, 0) is 12.0 Å². The number of ether oxygens (including phenoxy) is 1. The summed E-state index contributed by atoms with van der Waals surface area (Å²) < 4.78 is 10.5. The van der Waals surface area contributed by atoms with E-state index in [0.717, 1.165) is 0 Å². The predicted molar refractivity (Wildman–Crippen MR) is 85.2 cm³/mol. The van der Waals surface area contributed by atoms with Crippen LogP contribution in [0.4, 0.5) is 0 Å². The fraction of sp³-hybridized carbons (Fsp3) is 0.353. The molecule has 0 spiro atoms. The zero-order valence-corrected chi connectivity index (χ0v) is 13.3. The van der Waals surface area contributed by atoms with Crippen LogP contribution in [0.5, 0.6) is 11.5 Å². The van der Waals surface area contributed by atoms with Crippen LogP contribution in [0, 0.1) is 0 Å². The number of fused-ring (bicyclic) bond motifs is 3. The van der Waals surface area contributed by atoms with Crippen molar-refractivity contribution in [2.45, 2.75) is 24.9 Å². The van der Waals surface area contributed by atoms with Crippen molar-refractivity contribution >= 4 is 23.0 Å². The van der Waals surface area contributed by atoms with Gasteiger partial charge in [0.05, 0.1) is 36.7 Å². The lowest BCUT2D eigenvalue weighted by Crippen LogP contribution is -2.24. The van der Waals surface area contributed by atoms with Gasteiger partial charge in [-0.25, -0.2) is 4.79 Å². The van der Waals surface area contributed by atoms with Crippen molar-refractivity contribution in [3.63, 3.8) is 0 Å². The van der Waals surface area contributed by atoms with Gasteiger partial charge in [0.2, 0.25) is 0 Å². The fourth-order valence-electron chi connectivity index (χ4n) is 3.26. The summed E-state index contributed by atoms with van der Waals surface area (Å²) >= 11 is 0. The number of aldehydes is 1. The second-order valence-corrected chi connectivity index (χ2v) is 5.79. The van der Waals surface area contributed by atoms with Crippen LogP contribution in [-0.2, 0) is 11.2 Å². The van der Waals surface area contributed by atoms with Gasteiger partial charge < -0.3 is 29.3 Å². The van der Waals surface area contributed by atoms with Crippen LogP contribution < -0.4 is 10.4 Å². The maximum absolute atomic E-state index is 12.2. The van der Waals surface area contributed by atoms with Crippen LogP contribution in [0.25, 0.3) is 11.0 Å². The number of phenolic OH excluding ortho intramolecular Hbond substituents is 1. The van der Waals surface area contributed by atoms with E-state index in [0.29, 0.717) is 23.7 Å². The largest absolute Gasteiger partial charge is 0.507 e. The third-order valence-electron chi connectivity index (χ3n) is 4.45. The Morgan fingerprint density at radius 2 is 2.08 bits per heavy atom. The minimum Gasteiger partial charge on any atom is -0.507 e. The third-order valence-corrected chi connectivity index (χ3v) is 4.45. The maximum Gasteiger partial charge on any atom is 0.347 e. The van der Waals surface area contributed by atoms with Crippen molar-refractivity contribution in [3.05, 3.63) is 33.2 Å². The van der Waals surface area contributed by atoms with Crippen LogP contribution in [-0.4, -0.2) is 47.2 Å². The Morgan fingerprint density at radius 1 is 1.36 bits per heavy atom. The molecule has 1 aliphatic rings. The molecular weight excluding hydrogens is 332 g/mol. The van der Waals surface area contributed by atoms with E-state index in [1.165, 1.54) is 13.2 Å². The van der Waals surface area contributed by atoms with Gasteiger partial charge in [-0.2, -0.15) is 0 Å². The molecule has 1 aromatic carbocycles. The lowest BCUT2D eigenvalue weighted by Gasteiger charge is -2.20. The summed E-state index contributed by atoms with van der Waals surface area (Å²) in [5, 5.41) is 29.6. The zero-order valence-electron chi connectivity index (χ0n) is 13.3. The molecule has 1 aliphatic carbocycles. The first-order chi connectivity index (χ1) is 11.9. The average molecular weight is 348 g/mol. The predicted octanol–water partition coefficient (Wildman–Crippen LogP) is 0.272. The van der Waals surface area contributed by atoms with Gasteiger partial charge in [-0.1, -0.05) is 0 Å². The topological polar surface area (TPSA) is 134 Å². The zero-order chi connectivity index (χ0) is 18.3. The van der Waals surface area contributed by atoms with Crippen LogP contribution in [0.15, 0.2) is 15.3 Å². The summed E-state index contributed by atoms with van der Waals surface area (Å²) in [4.78, 5) is 35.6. The molecule has 3 N–H and O–H groups in total. The fourth-order valence-corrected chi connectivity index (χ4v) is 3.26. The average Bonchev–Trinajstić information content (AvgIpc) is 2.99. The lowest BCUT2D eigenvalue weighted by molar-refractivity contribution is -0.112. The van der Waals surface area contributed by atoms with E-state index in [4.69, 9.17) is 14.3 Å². The van der Waals surface area contributed by atoms with Crippen molar-refractivity contribution in [1.82, 2.24) is 0 Å². The summed E-state index contributed by atoms with van der Waals surface area (Å²) in [5.41, 5.74) is -0.779. The number of aliphatic hydroxyl groups is 2. The van der Waals surface area contributed by atoms with E-state index < -0.39 is 30.0 Å². The molecule has 0 fully saturated rings. The number of ketones is 1. The van der Waals surface area contributed by atoms with Gasteiger partial charge >= 0.3 is 5.63 Å². The number of aryl methyl sites for hydroxylation is 1. The Kier molecular flexibility index (Phi) is 4.32. The number of carbonyl (C=O) groups is 2. The molecule has 0 radical (unpaired) electrons. The van der Waals surface area contributed by atoms with Crippen LogP contribution in [0.2, 0.25) is 0 Å². The quantitative estimate of drug-likeness (QED) is 0.518. The summed E-state index contributed by atoms with van der Waals surface area (Å²) in [7, 11) is 1.35. The molecule has 2 atom stereocenters. The Balaban J connectivity index is 2.46. The Hall–Kier alpha value is -2.71. The first kappa shape index (κ1) is 17.1. The van der Waals surface area contributed by atoms with Gasteiger partial charge in [0.25, 0.3) is 0 Å². The first-order valence-corrected chi connectivity index (χ1v) is 7.61. The molecule has 0 bridgehead atoms. The normalized spacial score (nSPS) is 15.9. The minimum absolute atomic E-state index is 0.0622. The van der Waals surface area contributed by atoms with Gasteiger partial charge in [0.1, 0.15) is 28.9 Å². The molecule has 0 saturated heterocycles. The highest BCUT2D eigenvalue weighted by atomic mass is 16.5. The second-order valence-electron chi connectivity index (χ2n) is 5.79. The molecule has 1 heterocycles. The van der Waals surface area contributed by atoms with Crippen LogP contribution >= 0.6 is 0 Å². The number of aliphatic hydroxyl groups excluding tert-OH is 2. The highest BCUT2D eigenvalue weighted by molar-refractivity contribution is 6.06. The lowest BCUT2D eigenvalue weighted by atomic mass is 9.90. The summed E-state index contributed by atoms with van der Waals surface area (Å²) in [6.07, 6.45) is -0.708. The molecule has 0 saturated carbocycles. The Labute approximate surface area is 141 Å². The van der Waals surface area contributed by atoms with Crippen molar-refractivity contribution < 1.29 is 34.1 Å². The van der Waals surface area contributed by atoms with Gasteiger partial charge in [-0.3, -0.25) is 4.79 Å². The van der Waals surface area contributed by atoms with Crippen molar-refractivity contribution in [2.24, 2.45) is 0 Å². The third kappa shape index (κ3) is 2.50. The molecule has 2 aromatic rings. The highest BCUT2D eigenvalue weighted by Crippen LogP contribution is 2.42. The minimum atomic E-state index is -1.50. The number of Topliss-reactive ketones (excluding diaryl/α,β-unsaturated/α-hetero) is 1. The van der Waals surface area contributed by atoms with E-state index in [9.17, 15) is 24.6 Å². The molecule has 0 aliphatic heterocycles. The number of aromatic hydroxyl groups is 1. The summed E-state index contributed by atoms with van der Waals surface area (Å²) in [5.74, 6) is -1.92. The standard InChI is InChI=1S/C17H16O8/c1-24-12-4-10(21)13(8(5-18)11(22)6-19)16-15(12)7-2-3-9(20)14(7)17(23)25-16/h4-5,8,11,19,21-22H,2-3,6H2,1H3. The van der Waals surface area contributed by atoms with Crippen LogP contribution in [0.3, 0.4) is 0 Å². The highest BCUT2D eigenvalue weighted by Gasteiger charge is 2.33. The monoisotopic (exact) mass is 348 g/mol. The number of benzene rings is 1. The van der Waals surface area contributed by atoms with Crippen LogP contribution in [0.1, 0.15) is 33.8 Å². The number of carbonyl (C=O) groups excluding carboxylic acids is 2. The van der Waals surface area contributed by atoms with E-state index in [1.807, 2.05) is 0 Å². The molecule has 3 rings (SSSR count). The van der Waals surface area contributed by atoms with Crippen molar-refractivity contribution in [1.29, 1.82) is 0 Å². The molecule has 132 valence electrons. The Bertz CT molecular complexity index is 927. The number of hydrogen-bond donors (Lipinski definition) is 3. The number of hydrogen-bond acceptors (Lipinski definition) is 8. The number of methoxy groups -OCH3 is 1. The number of phenols is 1. The molecule has 1 aromatic heterocycles. The van der Waals surface area contributed by atoms with Gasteiger partial charge in [-0.15, -0.1) is 0 Å². The van der Waals surface area contributed by atoms with E-state index >= 15 is 0 Å². The molecule has 25 heavy (non-hydrogen) atoms. The van der Waals surface area contributed by atoms with Crippen molar-refractivity contribution in [3.8, 4) is 11.5 Å². The molecule has 0 amide bonds. The second kappa shape index (κ2) is 6.30. The first-order valence-electron chi connectivity index (χ1n) is 7.61. The van der Waals surface area contributed by atoms with Gasteiger partial charge in [0, 0.05) is 12.5 Å². The smallest absolute Gasteiger partial charge is 0.347 e. The number of rotatable bonds is 5. The molecule has 2 unspecified atom stereocenters. The molecular formula is C17H16O8. The Morgan fingerprint density at radius 3 is 2.68 bits per heavy atom. The van der Waals surface area contributed by atoms with E-state index in [-0.39, 0.29) is 34.7 Å². The summed E-state index contributed by atoms with van der Waals surface area (Å²) in [6, 6.07) is 1.22. The van der Waals surface area contributed by atoms with E-state index in [2.05, 4.69) is 0 Å². The molecule has 8 heteroatoms. The van der Waals surface area contributed by atoms with Gasteiger partial charge in [0.15, 0.2) is 5.78 Å². The van der Waals surface area contributed by atoms with Crippen molar-refractivity contribution in [2.75, 3.05) is 13.7 Å². The molecule has 8 nitrogen and oxygen atoms in total. The SMILES string of the molecule is COc1cc(O)c(C(C=O)C(O)CO)c2oc(=O)c3c(c12)CCC3=O.